The fourth-order valence-electron chi connectivity index (χ4n) is 1.65. The van der Waals surface area contributed by atoms with Gasteiger partial charge in [0.2, 0.25) is 0 Å². The Morgan fingerprint density at radius 3 is 2.22 bits per heavy atom. The number of aromatic hydroxyl groups is 2. The summed E-state index contributed by atoms with van der Waals surface area (Å²) in [6.45, 7) is 0.176. The van der Waals surface area contributed by atoms with Crippen LogP contribution in [0.3, 0.4) is 0 Å². The van der Waals surface area contributed by atoms with Crippen LogP contribution >= 0.6 is 0 Å². The van der Waals surface area contributed by atoms with Gasteiger partial charge in [-0.1, -0.05) is 30.3 Å². The Kier molecular flexibility index (Phi) is 3.69. The quantitative estimate of drug-likeness (QED) is 0.771. The predicted molar refractivity (Wildman–Crippen MR) is 68.6 cm³/mol. The zero-order valence-electron chi connectivity index (χ0n) is 9.78. The van der Waals surface area contributed by atoms with Gasteiger partial charge < -0.3 is 20.7 Å². The van der Waals surface area contributed by atoms with E-state index in [1.54, 1.807) is 48.5 Å². The second kappa shape index (κ2) is 5.42. The van der Waals surface area contributed by atoms with Gasteiger partial charge >= 0.3 is 0 Å². The third-order valence-electron chi connectivity index (χ3n) is 2.62. The predicted octanol–water partition coefficient (Wildman–Crippen LogP) is 2.18. The molecule has 1 unspecified atom stereocenters. The Bertz CT molecular complexity index is 528. The summed E-state index contributed by atoms with van der Waals surface area (Å²) in [5.41, 5.74) is 6.55. The molecule has 0 radical (unpaired) electrons. The number of phenolic OH excluding ortho intramolecular Hbond substituents is 2. The van der Waals surface area contributed by atoms with Crippen LogP contribution in [0.5, 0.6) is 17.2 Å². The van der Waals surface area contributed by atoms with Gasteiger partial charge in [0.05, 0.1) is 6.04 Å². The Labute approximate surface area is 105 Å². The van der Waals surface area contributed by atoms with Gasteiger partial charge in [0.25, 0.3) is 0 Å². The van der Waals surface area contributed by atoms with E-state index in [1.807, 2.05) is 0 Å². The van der Waals surface area contributed by atoms with Crippen molar-refractivity contribution in [2.45, 2.75) is 6.04 Å². The molecule has 2 aromatic rings. The highest BCUT2D eigenvalue weighted by atomic mass is 16.5. The van der Waals surface area contributed by atoms with E-state index in [-0.39, 0.29) is 18.1 Å². The van der Waals surface area contributed by atoms with Crippen molar-refractivity contribution in [1.29, 1.82) is 0 Å². The van der Waals surface area contributed by atoms with Crippen molar-refractivity contribution in [3.8, 4) is 17.2 Å². The molecule has 0 aliphatic rings. The van der Waals surface area contributed by atoms with Crippen LogP contribution in [-0.4, -0.2) is 16.8 Å². The van der Waals surface area contributed by atoms with Crippen molar-refractivity contribution >= 4 is 0 Å². The molecule has 2 aromatic carbocycles. The van der Waals surface area contributed by atoms with Crippen LogP contribution in [0.2, 0.25) is 0 Å². The molecule has 94 valence electrons. The van der Waals surface area contributed by atoms with Gasteiger partial charge in [0.15, 0.2) is 11.5 Å². The lowest BCUT2D eigenvalue weighted by Gasteiger charge is -2.15. The highest BCUT2D eigenvalue weighted by Crippen LogP contribution is 2.27. The maximum atomic E-state index is 9.65. The summed E-state index contributed by atoms with van der Waals surface area (Å²) in [6.07, 6.45) is 0. The van der Waals surface area contributed by atoms with E-state index in [0.717, 1.165) is 0 Å². The number of hydrogen-bond donors (Lipinski definition) is 3. The van der Waals surface area contributed by atoms with Crippen LogP contribution in [0.15, 0.2) is 48.5 Å². The fourth-order valence-corrected chi connectivity index (χ4v) is 1.65. The van der Waals surface area contributed by atoms with Crippen LogP contribution in [0.1, 0.15) is 11.6 Å². The van der Waals surface area contributed by atoms with Crippen molar-refractivity contribution in [2.24, 2.45) is 5.73 Å². The van der Waals surface area contributed by atoms with Crippen molar-refractivity contribution < 1.29 is 14.9 Å². The van der Waals surface area contributed by atoms with E-state index in [4.69, 9.17) is 10.5 Å². The summed E-state index contributed by atoms with van der Waals surface area (Å²) >= 11 is 0. The molecule has 0 amide bonds. The zero-order chi connectivity index (χ0) is 13.0. The summed E-state index contributed by atoms with van der Waals surface area (Å²) in [6, 6.07) is 13.1. The third kappa shape index (κ3) is 2.73. The average Bonchev–Trinajstić information content (AvgIpc) is 2.38. The second-order valence-electron chi connectivity index (χ2n) is 3.94. The van der Waals surface area contributed by atoms with E-state index in [0.29, 0.717) is 11.3 Å². The molecule has 18 heavy (non-hydrogen) atoms. The maximum absolute atomic E-state index is 9.65. The first-order valence-electron chi connectivity index (χ1n) is 5.62. The van der Waals surface area contributed by atoms with Crippen molar-refractivity contribution in [2.75, 3.05) is 6.61 Å². The fraction of sp³-hybridized carbons (Fsp3) is 0.143. The summed E-state index contributed by atoms with van der Waals surface area (Å²) in [5.74, 6) is 0.594. The second-order valence-corrected chi connectivity index (χ2v) is 3.94. The summed E-state index contributed by atoms with van der Waals surface area (Å²) in [4.78, 5) is 0. The third-order valence-corrected chi connectivity index (χ3v) is 2.62. The molecule has 0 bridgehead atoms. The van der Waals surface area contributed by atoms with Crippen molar-refractivity contribution in [3.05, 3.63) is 54.1 Å². The molecule has 4 nitrogen and oxygen atoms in total. The van der Waals surface area contributed by atoms with Gasteiger partial charge in [-0.2, -0.15) is 0 Å². The molecule has 0 saturated heterocycles. The first-order chi connectivity index (χ1) is 8.68. The number of para-hydroxylation sites is 3. The smallest absolute Gasteiger partial charge is 0.161 e. The summed E-state index contributed by atoms with van der Waals surface area (Å²) in [7, 11) is 0. The van der Waals surface area contributed by atoms with Gasteiger partial charge in [0, 0.05) is 5.56 Å². The molecular formula is C14H15NO3. The van der Waals surface area contributed by atoms with Gasteiger partial charge in [0.1, 0.15) is 12.4 Å². The minimum absolute atomic E-state index is 0.0713. The summed E-state index contributed by atoms with van der Waals surface area (Å²) in [5, 5.41) is 19.2. The highest BCUT2D eigenvalue weighted by molar-refractivity contribution is 5.38. The number of benzene rings is 2. The number of nitrogens with two attached hydrogens (primary N) is 1. The lowest BCUT2D eigenvalue weighted by atomic mass is 10.1. The minimum Gasteiger partial charge on any atom is -0.508 e. The summed E-state index contributed by atoms with van der Waals surface area (Å²) < 4.78 is 5.42. The number of hydrogen-bond acceptors (Lipinski definition) is 4. The Balaban J connectivity index is 2.03. The zero-order valence-corrected chi connectivity index (χ0v) is 9.78. The lowest BCUT2D eigenvalue weighted by molar-refractivity contribution is 0.274. The topological polar surface area (TPSA) is 75.7 Å². The molecule has 0 saturated carbocycles. The monoisotopic (exact) mass is 245 g/mol. The van der Waals surface area contributed by atoms with Gasteiger partial charge in [-0.3, -0.25) is 0 Å². The van der Waals surface area contributed by atoms with Crippen LogP contribution in [0.4, 0.5) is 0 Å². The average molecular weight is 245 g/mol. The van der Waals surface area contributed by atoms with Gasteiger partial charge in [-0.15, -0.1) is 0 Å². The minimum atomic E-state index is -0.453. The SMILES string of the molecule is NC(COc1ccccc1O)c1ccccc1O. The van der Waals surface area contributed by atoms with Crippen molar-refractivity contribution in [1.82, 2.24) is 0 Å². The van der Waals surface area contributed by atoms with E-state index >= 15 is 0 Å². The van der Waals surface area contributed by atoms with Crippen LogP contribution < -0.4 is 10.5 Å². The van der Waals surface area contributed by atoms with E-state index < -0.39 is 6.04 Å². The molecule has 0 spiro atoms. The van der Waals surface area contributed by atoms with Crippen molar-refractivity contribution in [3.63, 3.8) is 0 Å². The lowest BCUT2D eigenvalue weighted by Crippen LogP contribution is -2.19. The number of ether oxygens (including phenoxy) is 1. The number of phenols is 2. The van der Waals surface area contributed by atoms with E-state index in [2.05, 4.69) is 0 Å². The maximum Gasteiger partial charge on any atom is 0.161 e. The largest absolute Gasteiger partial charge is 0.508 e. The van der Waals surface area contributed by atoms with E-state index in [1.165, 1.54) is 0 Å². The molecule has 0 fully saturated rings. The normalized spacial score (nSPS) is 12.1. The molecule has 4 N–H and O–H groups in total. The van der Waals surface area contributed by atoms with Gasteiger partial charge in [-0.05, 0) is 18.2 Å². The Morgan fingerprint density at radius 1 is 0.944 bits per heavy atom. The molecule has 4 heteroatoms. The van der Waals surface area contributed by atoms with Crippen LogP contribution in [-0.2, 0) is 0 Å². The molecule has 0 aliphatic heterocycles. The molecule has 1 atom stereocenters. The molecule has 0 aliphatic carbocycles. The van der Waals surface area contributed by atoms with Crippen LogP contribution in [0, 0.1) is 0 Å². The Hall–Kier alpha value is -2.20. The van der Waals surface area contributed by atoms with E-state index in [9.17, 15) is 10.2 Å². The first-order valence-corrected chi connectivity index (χ1v) is 5.62. The molecular weight excluding hydrogens is 230 g/mol. The molecule has 0 heterocycles. The van der Waals surface area contributed by atoms with Crippen LogP contribution in [0.25, 0.3) is 0 Å². The van der Waals surface area contributed by atoms with Gasteiger partial charge in [-0.25, -0.2) is 0 Å². The highest BCUT2D eigenvalue weighted by Gasteiger charge is 2.11. The Morgan fingerprint density at radius 2 is 1.56 bits per heavy atom. The number of rotatable bonds is 4. The first kappa shape index (κ1) is 12.3. The molecule has 2 rings (SSSR count). The molecule has 0 aromatic heterocycles. The standard InChI is InChI=1S/C14H15NO3/c15-11(10-5-1-2-6-12(10)16)9-18-14-8-4-3-7-13(14)17/h1-8,11,16-17H,9,15H2.